The fourth-order valence-electron chi connectivity index (χ4n) is 5.32. The van der Waals surface area contributed by atoms with Crippen LogP contribution in [0.2, 0.25) is 0 Å². The van der Waals surface area contributed by atoms with Gasteiger partial charge in [0.25, 0.3) is 0 Å². The fourth-order valence-corrected chi connectivity index (χ4v) is 5.32. The molecular weight excluding hydrogens is 291 g/mol. The van der Waals surface area contributed by atoms with Crippen LogP contribution in [0.4, 0.5) is 0 Å². The Hall–Kier alpha value is -1.52. The van der Waals surface area contributed by atoms with Gasteiger partial charge in [0.15, 0.2) is 11.5 Å². The molecule has 23 heavy (non-hydrogen) atoms. The van der Waals surface area contributed by atoms with Crippen molar-refractivity contribution in [2.75, 3.05) is 20.1 Å². The highest BCUT2D eigenvalue weighted by atomic mass is 16.5. The number of likely N-dealkylation sites (N-methyl/N-ethyl adjacent to an activating group) is 1. The minimum Gasteiger partial charge on any atom is -0.490 e. The summed E-state index contributed by atoms with van der Waals surface area (Å²) in [5, 5.41) is 10.7. The number of nitrogens with zero attached hydrogens (tertiary/aromatic N) is 1. The molecule has 1 saturated heterocycles. The van der Waals surface area contributed by atoms with Gasteiger partial charge < -0.3 is 19.5 Å². The molecule has 4 aliphatic rings. The average Bonchev–Trinajstić information content (AvgIpc) is 2.92. The molecular formula is C19H23NO3. The summed E-state index contributed by atoms with van der Waals surface area (Å²) in [5.74, 6) is 1.50. The number of likely N-dealkylation sites (tertiary alicyclic amines) is 1. The van der Waals surface area contributed by atoms with Crippen LogP contribution in [0.5, 0.6) is 11.5 Å². The highest BCUT2D eigenvalue weighted by Gasteiger charge is 2.64. The molecule has 4 nitrogen and oxygen atoms in total. The Morgan fingerprint density at radius 3 is 3.22 bits per heavy atom. The van der Waals surface area contributed by atoms with E-state index in [2.05, 4.69) is 0 Å². The first-order valence-corrected chi connectivity index (χ1v) is 8.47. The molecule has 0 radical (unpaired) electrons. The lowest BCUT2D eigenvalue weighted by Gasteiger charge is -2.56. The smallest absolute Gasteiger partial charge is 0.165 e. The zero-order valence-electron chi connectivity index (χ0n) is 16.2. The zero-order valence-corrected chi connectivity index (χ0v) is 13.2. The minimum absolute atomic E-state index is 0.0238. The van der Waals surface area contributed by atoms with E-state index in [0.29, 0.717) is 26.0 Å². The van der Waals surface area contributed by atoms with Crippen LogP contribution in [0, 0.1) is 5.92 Å². The lowest BCUT2D eigenvalue weighted by molar-refractivity contribution is -0.0453. The largest absolute Gasteiger partial charge is 0.490 e. The summed E-state index contributed by atoms with van der Waals surface area (Å²) < 4.78 is 36.0. The average molecular weight is 317 g/mol. The highest BCUT2D eigenvalue weighted by Crippen LogP contribution is 2.62. The van der Waals surface area contributed by atoms with E-state index in [4.69, 9.17) is 13.6 Å². The van der Waals surface area contributed by atoms with Crippen LogP contribution in [0.15, 0.2) is 24.3 Å². The molecule has 1 aromatic carbocycles. The van der Waals surface area contributed by atoms with Gasteiger partial charge in [-0.05, 0) is 44.9 Å². The third-order valence-electron chi connectivity index (χ3n) is 6.16. The van der Waals surface area contributed by atoms with Crippen molar-refractivity contribution in [2.45, 2.75) is 43.4 Å². The molecule has 122 valence electrons. The maximum absolute atomic E-state index is 10.7. The third-order valence-corrected chi connectivity index (χ3v) is 6.16. The van der Waals surface area contributed by atoms with E-state index in [0.717, 1.165) is 22.6 Å². The summed E-state index contributed by atoms with van der Waals surface area (Å²) in [6.07, 6.45) is 4.07. The molecule has 1 unspecified atom stereocenters. The van der Waals surface area contributed by atoms with E-state index in [9.17, 15) is 5.11 Å². The van der Waals surface area contributed by atoms with Gasteiger partial charge in [0, 0.05) is 27.1 Å². The number of benzene rings is 1. The molecule has 2 aliphatic carbocycles. The first-order valence-electron chi connectivity index (χ1n) is 9.97. The van der Waals surface area contributed by atoms with Crippen LogP contribution in [0.3, 0.4) is 0 Å². The zero-order chi connectivity index (χ0) is 18.3. The van der Waals surface area contributed by atoms with Gasteiger partial charge in [-0.3, -0.25) is 0 Å². The summed E-state index contributed by atoms with van der Waals surface area (Å²) >= 11 is 0. The standard InChI is InChI=1S/C19H23NO3/c1-3-22-15-7-4-11-10-13-12-5-6-14(21)18-19(12,8-9-20(13)2)16(11)17(15)23-18/h4-7,12-14,18,21H,3,8-10H2,1-2H3/t12-,13+,14-,18?,19-/m0/s1/i2+1D3. The number of hydrogen-bond acceptors (Lipinski definition) is 4. The van der Waals surface area contributed by atoms with Gasteiger partial charge in [-0.25, -0.2) is 0 Å². The van der Waals surface area contributed by atoms with Crippen molar-refractivity contribution in [3.8, 4) is 11.5 Å². The second-order valence-electron chi connectivity index (χ2n) is 7.05. The molecule has 5 atom stereocenters. The monoisotopic (exact) mass is 317 g/mol. The number of aliphatic hydroxyl groups is 1. The number of aliphatic hydroxyl groups excluding tert-OH is 1. The predicted molar refractivity (Wildman–Crippen MR) is 87.1 cm³/mol. The number of ether oxygens (including phenoxy) is 2. The Balaban J connectivity index is 1.73. The summed E-state index contributed by atoms with van der Waals surface area (Å²) in [6, 6.07) is 3.86. The quantitative estimate of drug-likeness (QED) is 0.668. The molecule has 4 heteroatoms. The molecule has 5 rings (SSSR count). The van der Waals surface area contributed by atoms with Crippen molar-refractivity contribution in [1.82, 2.24) is 4.90 Å². The molecule has 1 fully saturated rings. The molecule has 0 saturated carbocycles. The van der Waals surface area contributed by atoms with Gasteiger partial charge in [0.1, 0.15) is 12.2 Å². The van der Waals surface area contributed by atoms with Gasteiger partial charge in [0.05, 0.1) is 6.61 Å². The Bertz CT molecular complexity index is 793. The van der Waals surface area contributed by atoms with Gasteiger partial charge in [0.2, 0.25) is 0 Å². The first kappa shape index (κ1) is 11.1. The van der Waals surface area contributed by atoms with Crippen molar-refractivity contribution in [2.24, 2.45) is 5.92 Å². The van der Waals surface area contributed by atoms with Crippen LogP contribution in [-0.2, 0) is 11.8 Å². The summed E-state index contributed by atoms with van der Waals surface area (Å²) in [6.45, 7) is 0.857. The van der Waals surface area contributed by atoms with Crippen LogP contribution in [-0.4, -0.2) is 48.4 Å². The minimum atomic E-state index is -2.11. The molecule has 1 spiro atoms. The highest BCUT2D eigenvalue weighted by molar-refractivity contribution is 5.62. The SMILES string of the molecule is [2H][13C]([2H])([2H])N1CC[C@]23c4c5ccc(OCC)c4OC2[C@@H](O)C=C[C@H]3[C@H]1C5. The van der Waals surface area contributed by atoms with Gasteiger partial charge in [-0.2, -0.15) is 0 Å². The Morgan fingerprint density at radius 1 is 1.48 bits per heavy atom. The second kappa shape index (κ2) is 4.52. The molecule has 1 aromatic rings. The van der Waals surface area contributed by atoms with Crippen molar-refractivity contribution >= 4 is 0 Å². The fraction of sp³-hybridized carbons (Fsp3) is 0.579. The van der Waals surface area contributed by atoms with E-state index in [1.807, 2.05) is 25.1 Å². The summed E-state index contributed by atoms with van der Waals surface area (Å²) in [7, 11) is 0. The van der Waals surface area contributed by atoms with Crippen molar-refractivity contribution in [3.63, 3.8) is 0 Å². The molecule has 0 amide bonds. The van der Waals surface area contributed by atoms with Crippen molar-refractivity contribution in [1.29, 1.82) is 0 Å². The van der Waals surface area contributed by atoms with E-state index in [1.54, 1.807) is 11.0 Å². The molecule has 1 N–H and O–H groups in total. The van der Waals surface area contributed by atoms with Gasteiger partial charge >= 0.3 is 0 Å². The molecule has 0 aromatic heterocycles. The predicted octanol–water partition coefficient (Wildman–Crippen LogP) is 1.89. The number of rotatable bonds is 2. The Kier molecular flexibility index (Phi) is 2.18. The molecule has 2 bridgehead atoms. The van der Waals surface area contributed by atoms with Crippen molar-refractivity contribution < 1.29 is 18.7 Å². The Labute approximate surface area is 140 Å². The third kappa shape index (κ3) is 1.54. The number of piperidine rings is 1. The van der Waals surface area contributed by atoms with Crippen LogP contribution in [0.1, 0.15) is 28.6 Å². The van der Waals surface area contributed by atoms with Crippen LogP contribution >= 0.6 is 0 Å². The lowest BCUT2D eigenvalue weighted by atomic mass is 9.53. The topological polar surface area (TPSA) is 41.9 Å². The normalized spacial score (nSPS) is 42.3. The van der Waals surface area contributed by atoms with E-state index in [1.165, 1.54) is 0 Å². The molecule has 2 heterocycles. The number of hydrogen-bond donors (Lipinski definition) is 1. The first-order chi connectivity index (χ1) is 12.4. The van der Waals surface area contributed by atoms with Gasteiger partial charge in [-0.15, -0.1) is 0 Å². The summed E-state index contributed by atoms with van der Waals surface area (Å²) in [4.78, 5) is 1.67. The second-order valence-corrected chi connectivity index (χ2v) is 7.05. The lowest BCUT2D eigenvalue weighted by Crippen LogP contribution is -2.64. The Morgan fingerprint density at radius 2 is 2.39 bits per heavy atom. The van der Waals surface area contributed by atoms with E-state index in [-0.39, 0.29) is 23.5 Å². The summed E-state index contributed by atoms with van der Waals surface area (Å²) in [5.41, 5.74) is 1.91. The van der Waals surface area contributed by atoms with Crippen molar-refractivity contribution in [3.05, 3.63) is 35.4 Å². The van der Waals surface area contributed by atoms with Gasteiger partial charge in [-0.1, -0.05) is 18.2 Å². The van der Waals surface area contributed by atoms with Crippen LogP contribution in [0.25, 0.3) is 0 Å². The maximum Gasteiger partial charge on any atom is 0.165 e. The van der Waals surface area contributed by atoms with E-state index >= 15 is 0 Å². The van der Waals surface area contributed by atoms with Crippen LogP contribution < -0.4 is 9.47 Å². The maximum atomic E-state index is 10.7. The van der Waals surface area contributed by atoms with E-state index < -0.39 is 13.1 Å². The molecule has 2 aliphatic heterocycles.